The van der Waals surface area contributed by atoms with Crippen molar-refractivity contribution in [3.63, 3.8) is 0 Å². The number of nitrogens with one attached hydrogen (secondary N) is 1. The van der Waals surface area contributed by atoms with E-state index in [-0.39, 0.29) is 0 Å². The average Bonchev–Trinajstić information content (AvgIpc) is 2.55. The van der Waals surface area contributed by atoms with Crippen LogP contribution in [-0.4, -0.2) is 11.1 Å². The largest absolute Gasteiger partial charge is 0.346 e. The van der Waals surface area contributed by atoms with Gasteiger partial charge in [0, 0.05) is 36.7 Å². The summed E-state index contributed by atoms with van der Waals surface area (Å²) in [6, 6.07) is 8.71. The highest BCUT2D eigenvalue weighted by atomic mass is 15.0. The number of aryl methyl sites for hydroxylation is 1. The van der Waals surface area contributed by atoms with Crippen molar-refractivity contribution in [2.24, 2.45) is 7.05 Å². The molecule has 1 aliphatic rings. The van der Waals surface area contributed by atoms with Gasteiger partial charge in [-0.05, 0) is 17.5 Å². The zero-order chi connectivity index (χ0) is 10.4. The fourth-order valence-corrected chi connectivity index (χ4v) is 2.75. The second-order valence-electron chi connectivity index (χ2n) is 4.47. The van der Waals surface area contributed by atoms with E-state index in [1.165, 1.54) is 16.6 Å². The van der Waals surface area contributed by atoms with Gasteiger partial charge in [-0.15, -0.1) is 0 Å². The first-order valence-electron chi connectivity index (χ1n) is 5.56. The molecule has 0 fully saturated rings. The van der Waals surface area contributed by atoms with Crippen molar-refractivity contribution in [3.8, 4) is 0 Å². The molecule has 0 saturated carbocycles. The number of hydrogen-bond acceptors (Lipinski definition) is 1. The normalized spacial score (nSPS) is 20.5. The average molecular weight is 200 g/mol. The molecule has 1 N–H and O–H groups in total. The van der Waals surface area contributed by atoms with Crippen LogP contribution in [0.2, 0.25) is 0 Å². The lowest BCUT2D eigenvalue weighted by Gasteiger charge is -2.21. The van der Waals surface area contributed by atoms with Gasteiger partial charge >= 0.3 is 0 Å². The number of hydrogen-bond donors (Lipinski definition) is 1. The fourth-order valence-electron chi connectivity index (χ4n) is 2.75. The summed E-state index contributed by atoms with van der Waals surface area (Å²) >= 11 is 0. The zero-order valence-corrected chi connectivity index (χ0v) is 9.25. The molecule has 3 rings (SSSR count). The summed E-state index contributed by atoms with van der Waals surface area (Å²) in [5.41, 5.74) is 4.36. The second kappa shape index (κ2) is 3.11. The quantitative estimate of drug-likeness (QED) is 0.691. The molecule has 2 heterocycles. The van der Waals surface area contributed by atoms with Crippen LogP contribution in [0.5, 0.6) is 0 Å². The SMILES string of the molecule is CC1CNCc2c1c1ccccc1n2C. The number of para-hydroxylation sites is 1. The lowest BCUT2D eigenvalue weighted by molar-refractivity contribution is 0.553. The Hall–Kier alpha value is -1.28. The Morgan fingerprint density at radius 3 is 3.00 bits per heavy atom. The van der Waals surface area contributed by atoms with E-state index in [9.17, 15) is 0 Å². The van der Waals surface area contributed by atoms with Crippen LogP contribution in [0.15, 0.2) is 24.3 Å². The highest BCUT2D eigenvalue weighted by Gasteiger charge is 2.22. The van der Waals surface area contributed by atoms with Gasteiger partial charge < -0.3 is 9.88 Å². The van der Waals surface area contributed by atoms with Crippen LogP contribution >= 0.6 is 0 Å². The summed E-state index contributed by atoms with van der Waals surface area (Å²) in [5.74, 6) is 0.625. The summed E-state index contributed by atoms with van der Waals surface area (Å²) < 4.78 is 2.33. The Morgan fingerprint density at radius 2 is 2.13 bits per heavy atom. The van der Waals surface area contributed by atoms with E-state index in [1.807, 2.05) is 0 Å². The van der Waals surface area contributed by atoms with Gasteiger partial charge in [-0.25, -0.2) is 0 Å². The standard InChI is InChI=1S/C13H16N2/c1-9-7-14-8-12-13(9)10-5-3-4-6-11(10)15(12)2/h3-6,9,14H,7-8H2,1-2H3. The Kier molecular flexibility index (Phi) is 1.86. The third-order valence-corrected chi connectivity index (χ3v) is 3.51. The van der Waals surface area contributed by atoms with Crippen LogP contribution in [0.4, 0.5) is 0 Å². The van der Waals surface area contributed by atoms with Crippen LogP contribution in [0, 0.1) is 0 Å². The monoisotopic (exact) mass is 200 g/mol. The molecular weight excluding hydrogens is 184 g/mol. The third kappa shape index (κ3) is 1.15. The number of benzene rings is 1. The highest BCUT2D eigenvalue weighted by molar-refractivity contribution is 5.86. The Morgan fingerprint density at radius 1 is 1.33 bits per heavy atom. The van der Waals surface area contributed by atoms with Crippen LogP contribution in [0.25, 0.3) is 10.9 Å². The van der Waals surface area contributed by atoms with Crippen molar-refractivity contribution in [3.05, 3.63) is 35.5 Å². The van der Waals surface area contributed by atoms with Gasteiger partial charge in [0.15, 0.2) is 0 Å². The van der Waals surface area contributed by atoms with Crippen molar-refractivity contribution in [2.45, 2.75) is 19.4 Å². The molecule has 0 spiro atoms. The molecule has 0 saturated heterocycles. The number of rotatable bonds is 0. The molecular formula is C13H16N2. The fraction of sp³-hybridized carbons (Fsp3) is 0.385. The molecule has 0 aliphatic carbocycles. The van der Waals surface area contributed by atoms with E-state index in [0.717, 1.165) is 13.1 Å². The van der Waals surface area contributed by atoms with Gasteiger partial charge in [0.25, 0.3) is 0 Å². The van der Waals surface area contributed by atoms with E-state index in [1.54, 1.807) is 5.56 Å². The molecule has 2 heteroatoms. The zero-order valence-electron chi connectivity index (χ0n) is 9.25. The molecule has 2 nitrogen and oxygen atoms in total. The molecule has 1 aromatic heterocycles. The van der Waals surface area contributed by atoms with Gasteiger partial charge in [0.05, 0.1) is 0 Å². The molecule has 1 aromatic carbocycles. The predicted molar refractivity (Wildman–Crippen MR) is 63.0 cm³/mol. The van der Waals surface area contributed by atoms with E-state index in [4.69, 9.17) is 0 Å². The summed E-state index contributed by atoms with van der Waals surface area (Å²) in [7, 11) is 2.17. The highest BCUT2D eigenvalue weighted by Crippen LogP contribution is 2.33. The molecule has 1 aliphatic heterocycles. The lowest BCUT2D eigenvalue weighted by Crippen LogP contribution is -2.27. The number of aromatic nitrogens is 1. The van der Waals surface area contributed by atoms with Crippen molar-refractivity contribution < 1.29 is 0 Å². The minimum absolute atomic E-state index is 0.625. The van der Waals surface area contributed by atoms with E-state index in [2.05, 4.69) is 48.1 Å². The van der Waals surface area contributed by atoms with Crippen LogP contribution < -0.4 is 5.32 Å². The molecule has 2 aromatic rings. The molecule has 0 radical (unpaired) electrons. The minimum Gasteiger partial charge on any atom is -0.346 e. The maximum atomic E-state index is 3.47. The van der Waals surface area contributed by atoms with Gasteiger partial charge in [0.2, 0.25) is 0 Å². The summed E-state index contributed by atoms with van der Waals surface area (Å²) in [4.78, 5) is 0. The molecule has 1 atom stereocenters. The Balaban J connectivity index is 2.41. The molecule has 78 valence electrons. The summed E-state index contributed by atoms with van der Waals surface area (Å²) in [6.45, 7) is 4.41. The third-order valence-electron chi connectivity index (χ3n) is 3.51. The summed E-state index contributed by atoms with van der Waals surface area (Å²) in [5, 5.41) is 4.91. The van der Waals surface area contributed by atoms with E-state index < -0.39 is 0 Å². The van der Waals surface area contributed by atoms with Gasteiger partial charge in [-0.1, -0.05) is 25.1 Å². The van der Waals surface area contributed by atoms with Crippen molar-refractivity contribution in [1.29, 1.82) is 0 Å². The topological polar surface area (TPSA) is 17.0 Å². The minimum atomic E-state index is 0.625. The maximum absolute atomic E-state index is 3.47. The van der Waals surface area contributed by atoms with Gasteiger partial charge in [0.1, 0.15) is 0 Å². The van der Waals surface area contributed by atoms with Crippen LogP contribution in [0.1, 0.15) is 24.1 Å². The molecule has 0 amide bonds. The molecule has 0 bridgehead atoms. The van der Waals surface area contributed by atoms with Crippen molar-refractivity contribution in [2.75, 3.05) is 6.54 Å². The van der Waals surface area contributed by atoms with Crippen molar-refractivity contribution >= 4 is 10.9 Å². The van der Waals surface area contributed by atoms with E-state index >= 15 is 0 Å². The smallest absolute Gasteiger partial charge is 0.0483 e. The number of nitrogens with zero attached hydrogens (tertiary/aromatic N) is 1. The molecule has 15 heavy (non-hydrogen) atoms. The first-order chi connectivity index (χ1) is 7.29. The Bertz CT molecular complexity index is 510. The summed E-state index contributed by atoms with van der Waals surface area (Å²) in [6.07, 6.45) is 0. The van der Waals surface area contributed by atoms with Crippen molar-refractivity contribution in [1.82, 2.24) is 9.88 Å². The first-order valence-corrected chi connectivity index (χ1v) is 5.56. The predicted octanol–water partition coefficient (Wildman–Crippen LogP) is 2.39. The lowest BCUT2D eigenvalue weighted by atomic mass is 9.95. The Labute approximate surface area is 89.9 Å². The second-order valence-corrected chi connectivity index (χ2v) is 4.47. The van der Waals surface area contributed by atoms with Gasteiger partial charge in [-0.3, -0.25) is 0 Å². The maximum Gasteiger partial charge on any atom is 0.0483 e. The van der Waals surface area contributed by atoms with Gasteiger partial charge in [-0.2, -0.15) is 0 Å². The number of fused-ring (bicyclic) bond motifs is 3. The first kappa shape index (κ1) is 8.98. The van der Waals surface area contributed by atoms with Crippen LogP contribution in [-0.2, 0) is 13.6 Å². The molecule has 1 unspecified atom stereocenters. The van der Waals surface area contributed by atoms with Crippen LogP contribution in [0.3, 0.4) is 0 Å². The van der Waals surface area contributed by atoms with E-state index in [0.29, 0.717) is 5.92 Å².